The van der Waals surface area contributed by atoms with E-state index < -0.39 is 0 Å². The molecule has 1 heterocycles. The molecule has 5 heteroatoms. The van der Waals surface area contributed by atoms with Crippen LogP contribution in [-0.2, 0) is 14.3 Å². The van der Waals surface area contributed by atoms with Crippen LogP contribution in [0, 0.1) is 11.8 Å². The Balaban J connectivity index is 1.72. The van der Waals surface area contributed by atoms with E-state index in [1.165, 1.54) is 12.8 Å². The molecule has 1 aliphatic carbocycles. The molecule has 1 aliphatic heterocycles. The lowest BCUT2D eigenvalue weighted by Gasteiger charge is -2.34. The molecule has 1 N–H and O–H groups in total. The molecule has 2 aliphatic rings. The number of hydrogen-bond donors (Lipinski definition) is 1. The monoisotopic (exact) mass is 301 g/mol. The van der Waals surface area contributed by atoms with Gasteiger partial charge < -0.3 is 14.8 Å². The quantitative estimate of drug-likeness (QED) is 0.847. The lowest BCUT2D eigenvalue weighted by molar-refractivity contribution is -0.191. The SMILES string of the molecule is CSC[C@H](C)C(=O)NC[C@@H]1COC2(CCC(C)CC2)O1. The highest BCUT2D eigenvalue weighted by molar-refractivity contribution is 7.98. The van der Waals surface area contributed by atoms with Gasteiger partial charge in [0, 0.05) is 31.1 Å². The fourth-order valence-electron chi connectivity index (χ4n) is 2.90. The van der Waals surface area contributed by atoms with Crippen molar-refractivity contribution in [2.24, 2.45) is 11.8 Å². The zero-order valence-corrected chi connectivity index (χ0v) is 13.6. The molecule has 1 saturated heterocycles. The molecule has 20 heavy (non-hydrogen) atoms. The van der Waals surface area contributed by atoms with Crippen LogP contribution in [0.4, 0.5) is 0 Å². The summed E-state index contributed by atoms with van der Waals surface area (Å²) in [5.74, 6) is 1.44. The molecular weight excluding hydrogens is 274 g/mol. The van der Waals surface area contributed by atoms with Crippen LogP contribution in [0.1, 0.15) is 39.5 Å². The molecule has 2 fully saturated rings. The molecule has 0 aromatic heterocycles. The predicted molar refractivity (Wildman–Crippen MR) is 81.7 cm³/mol. The van der Waals surface area contributed by atoms with Gasteiger partial charge in [-0.1, -0.05) is 13.8 Å². The van der Waals surface area contributed by atoms with Crippen molar-refractivity contribution < 1.29 is 14.3 Å². The first-order valence-corrected chi connectivity index (χ1v) is 9.02. The van der Waals surface area contributed by atoms with E-state index >= 15 is 0 Å². The number of rotatable bonds is 5. The van der Waals surface area contributed by atoms with Crippen molar-refractivity contribution in [2.45, 2.75) is 51.4 Å². The van der Waals surface area contributed by atoms with E-state index in [-0.39, 0.29) is 23.7 Å². The summed E-state index contributed by atoms with van der Waals surface area (Å²) < 4.78 is 12.0. The fourth-order valence-corrected chi connectivity index (χ4v) is 3.55. The molecule has 116 valence electrons. The minimum Gasteiger partial charge on any atom is -0.353 e. The van der Waals surface area contributed by atoms with Crippen LogP contribution in [0.25, 0.3) is 0 Å². The molecule has 1 saturated carbocycles. The summed E-state index contributed by atoms with van der Waals surface area (Å²) in [6.45, 7) is 5.41. The van der Waals surface area contributed by atoms with Gasteiger partial charge in [0.1, 0.15) is 6.10 Å². The summed E-state index contributed by atoms with van der Waals surface area (Å²) in [7, 11) is 0. The minimum absolute atomic E-state index is 0.00818. The molecule has 1 amide bonds. The van der Waals surface area contributed by atoms with Gasteiger partial charge in [0.05, 0.1) is 6.61 Å². The van der Waals surface area contributed by atoms with Crippen molar-refractivity contribution >= 4 is 17.7 Å². The van der Waals surface area contributed by atoms with Crippen molar-refractivity contribution in [1.82, 2.24) is 5.32 Å². The van der Waals surface area contributed by atoms with Gasteiger partial charge in [-0.15, -0.1) is 0 Å². The second kappa shape index (κ2) is 7.14. The van der Waals surface area contributed by atoms with Crippen molar-refractivity contribution in [1.29, 1.82) is 0 Å². The molecule has 4 nitrogen and oxygen atoms in total. The van der Waals surface area contributed by atoms with Gasteiger partial charge in [-0.2, -0.15) is 11.8 Å². The Labute approximate surface area is 126 Å². The molecular formula is C15H27NO3S. The molecule has 0 unspecified atom stereocenters. The number of nitrogens with one attached hydrogen (secondary N) is 1. The Hall–Kier alpha value is -0.260. The number of carbonyl (C=O) groups excluding carboxylic acids is 1. The molecule has 0 radical (unpaired) electrons. The number of ether oxygens (including phenoxy) is 2. The summed E-state index contributed by atoms with van der Waals surface area (Å²) in [6.07, 6.45) is 6.34. The smallest absolute Gasteiger partial charge is 0.223 e. The largest absolute Gasteiger partial charge is 0.353 e. The Morgan fingerprint density at radius 3 is 2.80 bits per heavy atom. The second-order valence-electron chi connectivity index (χ2n) is 6.25. The van der Waals surface area contributed by atoms with Gasteiger partial charge in [-0.05, 0) is 25.0 Å². The minimum atomic E-state index is -0.354. The van der Waals surface area contributed by atoms with Gasteiger partial charge in [0.2, 0.25) is 5.91 Å². The summed E-state index contributed by atoms with van der Waals surface area (Å²) in [5, 5.41) is 2.98. The van der Waals surface area contributed by atoms with E-state index in [4.69, 9.17) is 9.47 Å². The zero-order valence-electron chi connectivity index (χ0n) is 12.8. The van der Waals surface area contributed by atoms with E-state index in [2.05, 4.69) is 12.2 Å². The van der Waals surface area contributed by atoms with E-state index in [0.29, 0.717) is 13.2 Å². The summed E-state index contributed by atoms with van der Waals surface area (Å²) >= 11 is 1.70. The van der Waals surface area contributed by atoms with Crippen molar-refractivity contribution in [2.75, 3.05) is 25.2 Å². The van der Waals surface area contributed by atoms with Crippen molar-refractivity contribution in [3.63, 3.8) is 0 Å². The number of amides is 1. The van der Waals surface area contributed by atoms with E-state index in [1.54, 1.807) is 11.8 Å². The highest BCUT2D eigenvalue weighted by Gasteiger charge is 2.43. The van der Waals surface area contributed by atoms with Crippen LogP contribution in [0.15, 0.2) is 0 Å². The molecule has 0 aromatic carbocycles. The highest BCUT2D eigenvalue weighted by atomic mass is 32.2. The van der Waals surface area contributed by atoms with Gasteiger partial charge >= 0.3 is 0 Å². The van der Waals surface area contributed by atoms with Crippen LogP contribution in [-0.4, -0.2) is 43.0 Å². The number of carbonyl (C=O) groups is 1. The van der Waals surface area contributed by atoms with Crippen LogP contribution in [0.3, 0.4) is 0 Å². The Morgan fingerprint density at radius 1 is 1.45 bits per heavy atom. The molecule has 0 aromatic rings. The average molecular weight is 301 g/mol. The van der Waals surface area contributed by atoms with Gasteiger partial charge in [0.25, 0.3) is 0 Å². The molecule has 2 rings (SSSR count). The van der Waals surface area contributed by atoms with Crippen LogP contribution >= 0.6 is 11.8 Å². The standard InChI is InChI=1S/C15H27NO3S/c1-11-4-6-15(7-5-11)18-9-13(19-15)8-16-14(17)12(2)10-20-3/h11-13H,4-10H2,1-3H3,(H,16,17)/t11?,12-,13+,15?/m0/s1. The summed E-state index contributed by atoms with van der Waals surface area (Å²) in [5.41, 5.74) is 0. The van der Waals surface area contributed by atoms with Crippen molar-refractivity contribution in [3.05, 3.63) is 0 Å². The maximum atomic E-state index is 11.9. The normalized spacial score (nSPS) is 35.1. The van der Waals surface area contributed by atoms with E-state index in [0.717, 1.165) is 24.5 Å². The lowest BCUT2D eigenvalue weighted by Crippen LogP contribution is -2.39. The fraction of sp³-hybridized carbons (Fsp3) is 0.933. The zero-order chi connectivity index (χ0) is 14.6. The van der Waals surface area contributed by atoms with E-state index in [9.17, 15) is 4.79 Å². The number of thioether (sulfide) groups is 1. The third kappa shape index (κ3) is 4.12. The maximum absolute atomic E-state index is 11.9. The lowest BCUT2D eigenvalue weighted by atomic mass is 9.86. The first kappa shape index (κ1) is 16.1. The molecule has 2 atom stereocenters. The topological polar surface area (TPSA) is 47.6 Å². The predicted octanol–water partition coefficient (Wildman–Crippen LogP) is 2.42. The van der Waals surface area contributed by atoms with Crippen LogP contribution in [0.2, 0.25) is 0 Å². The summed E-state index contributed by atoms with van der Waals surface area (Å²) in [4.78, 5) is 11.9. The third-order valence-electron chi connectivity index (χ3n) is 4.32. The Bertz CT molecular complexity index is 329. The third-order valence-corrected chi connectivity index (χ3v) is 5.15. The van der Waals surface area contributed by atoms with Crippen molar-refractivity contribution in [3.8, 4) is 0 Å². The van der Waals surface area contributed by atoms with Crippen LogP contribution in [0.5, 0.6) is 0 Å². The van der Waals surface area contributed by atoms with Crippen LogP contribution < -0.4 is 5.32 Å². The maximum Gasteiger partial charge on any atom is 0.223 e. The Morgan fingerprint density at radius 2 is 2.15 bits per heavy atom. The number of hydrogen-bond acceptors (Lipinski definition) is 4. The van der Waals surface area contributed by atoms with Gasteiger partial charge in [0.15, 0.2) is 5.79 Å². The summed E-state index contributed by atoms with van der Waals surface area (Å²) in [6, 6.07) is 0. The first-order chi connectivity index (χ1) is 9.54. The molecule has 0 bridgehead atoms. The highest BCUT2D eigenvalue weighted by Crippen LogP contribution is 2.39. The van der Waals surface area contributed by atoms with Gasteiger partial charge in [-0.25, -0.2) is 0 Å². The average Bonchev–Trinajstić information content (AvgIpc) is 2.83. The van der Waals surface area contributed by atoms with Gasteiger partial charge in [-0.3, -0.25) is 4.79 Å². The Kier molecular flexibility index (Phi) is 5.75. The van der Waals surface area contributed by atoms with E-state index in [1.807, 2.05) is 13.2 Å². The molecule has 1 spiro atoms. The second-order valence-corrected chi connectivity index (χ2v) is 7.16. The first-order valence-electron chi connectivity index (χ1n) is 7.63.